The van der Waals surface area contributed by atoms with Crippen molar-refractivity contribution in [1.82, 2.24) is 0 Å². The summed E-state index contributed by atoms with van der Waals surface area (Å²) in [6, 6.07) is 6.50. The first-order chi connectivity index (χ1) is 8.70. The predicted octanol–water partition coefficient (Wildman–Crippen LogP) is 6.50. The van der Waals surface area contributed by atoms with Crippen LogP contribution in [0.15, 0.2) is 48.6 Å². The SMILES string of the molecule is C=C(C)C.C=C(C)C.CC=Cc1cc(C)ccc1C. The zero-order valence-electron chi connectivity index (χ0n) is 13.8. The fraction of sp³-hybridized carbons (Fsp3) is 0.368. The second-order valence-electron chi connectivity index (χ2n) is 5.27. The molecule has 0 nitrogen and oxygen atoms in total. The van der Waals surface area contributed by atoms with Crippen molar-refractivity contribution in [1.29, 1.82) is 0 Å². The Morgan fingerprint density at radius 2 is 1.37 bits per heavy atom. The highest BCUT2D eigenvalue weighted by Gasteiger charge is 1.92. The van der Waals surface area contributed by atoms with Gasteiger partial charge in [0, 0.05) is 0 Å². The maximum atomic E-state index is 3.56. The van der Waals surface area contributed by atoms with E-state index in [9.17, 15) is 0 Å². The first kappa shape index (κ1) is 19.8. The second kappa shape index (κ2) is 11.5. The predicted molar refractivity (Wildman–Crippen MR) is 91.6 cm³/mol. The largest absolute Gasteiger partial charge is 0.100 e. The van der Waals surface area contributed by atoms with Gasteiger partial charge in [0.2, 0.25) is 0 Å². The van der Waals surface area contributed by atoms with Gasteiger partial charge < -0.3 is 0 Å². The van der Waals surface area contributed by atoms with Crippen LogP contribution in [0.25, 0.3) is 6.08 Å². The Labute approximate surface area is 120 Å². The zero-order chi connectivity index (χ0) is 15.4. The molecule has 0 unspecified atom stereocenters. The van der Waals surface area contributed by atoms with Gasteiger partial charge in [0.05, 0.1) is 0 Å². The van der Waals surface area contributed by atoms with E-state index in [2.05, 4.69) is 57.4 Å². The van der Waals surface area contributed by atoms with Gasteiger partial charge in [0.25, 0.3) is 0 Å². The molecule has 0 radical (unpaired) electrons. The van der Waals surface area contributed by atoms with E-state index in [0.717, 1.165) is 0 Å². The number of rotatable bonds is 1. The topological polar surface area (TPSA) is 0 Å². The molecule has 0 aliphatic carbocycles. The van der Waals surface area contributed by atoms with E-state index in [0.29, 0.717) is 0 Å². The maximum Gasteiger partial charge on any atom is -0.0228 e. The molecule has 0 aromatic heterocycles. The molecule has 0 heteroatoms. The van der Waals surface area contributed by atoms with Crippen molar-refractivity contribution in [3.05, 3.63) is 65.3 Å². The normalized spacial score (nSPS) is 9.00. The molecule has 0 saturated carbocycles. The van der Waals surface area contributed by atoms with Gasteiger partial charge in [0.15, 0.2) is 0 Å². The van der Waals surface area contributed by atoms with Crippen molar-refractivity contribution in [2.75, 3.05) is 0 Å². The molecule has 106 valence electrons. The Balaban J connectivity index is 0. The Kier molecular flexibility index (Phi) is 12.0. The van der Waals surface area contributed by atoms with Crippen molar-refractivity contribution in [2.45, 2.75) is 48.5 Å². The number of allylic oxidation sites excluding steroid dienone is 3. The minimum absolute atomic E-state index is 1.17. The fourth-order valence-corrected chi connectivity index (χ4v) is 1.12. The fourth-order valence-electron chi connectivity index (χ4n) is 1.12. The molecule has 1 aromatic rings. The van der Waals surface area contributed by atoms with E-state index in [1.165, 1.54) is 27.8 Å². The highest BCUT2D eigenvalue weighted by atomic mass is 14.0. The summed E-state index contributed by atoms with van der Waals surface area (Å²) in [5.74, 6) is 0. The summed E-state index contributed by atoms with van der Waals surface area (Å²) in [6.45, 7) is 21.3. The highest BCUT2D eigenvalue weighted by molar-refractivity contribution is 5.54. The van der Waals surface area contributed by atoms with E-state index in [1.807, 2.05) is 34.6 Å². The highest BCUT2D eigenvalue weighted by Crippen LogP contribution is 2.11. The minimum Gasteiger partial charge on any atom is -0.100 e. The lowest BCUT2D eigenvalue weighted by atomic mass is 10.1. The maximum absolute atomic E-state index is 3.56. The molecule has 0 aliphatic heterocycles. The van der Waals surface area contributed by atoms with Crippen LogP contribution in [0.3, 0.4) is 0 Å². The standard InChI is InChI=1S/C11H14.2C4H8/c1-4-5-11-8-9(2)6-7-10(11)3;2*1-4(2)3/h4-8H,1-3H3;2*1H2,2-3H3. The van der Waals surface area contributed by atoms with Crippen molar-refractivity contribution < 1.29 is 0 Å². The smallest absolute Gasteiger partial charge is 0.0228 e. The molecular weight excluding hydrogens is 228 g/mol. The monoisotopic (exact) mass is 258 g/mol. The lowest BCUT2D eigenvalue weighted by Gasteiger charge is -2.00. The summed E-state index contributed by atoms with van der Waals surface area (Å²) in [7, 11) is 0. The van der Waals surface area contributed by atoms with Crippen LogP contribution in [0.4, 0.5) is 0 Å². The summed E-state index contributed by atoms with van der Waals surface area (Å²) in [6.07, 6.45) is 4.21. The van der Waals surface area contributed by atoms with Crippen molar-refractivity contribution in [3.63, 3.8) is 0 Å². The first-order valence-electron chi connectivity index (χ1n) is 6.64. The van der Waals surface area contributed by atoms with Crippen LogP contribution >= 0.6 is 0 Å². The van der Waals surface area contributed by atoms with Gasteiger partial charge in [-0.25, -0.2) is 0 Å². The molecule has 0 N–H and O–H groups in total. The summed E-state index contributed by atoms with van der Waals surface area (Å²) < 4.78 is 0. The lowest BCUT2D eigenvalue weighted by molar-refractivity contribution is 1.37. The molecule has 0 amide bonds. The van der Waals surface area contributed by atoms with Crippen LogP contribution in [-0.2, 0) is 0 Å². The van der Waals surface area contributed by atoms with Crippen LogP contribution in [0.2, 0.25) is 0 Å². The Morgan fingerprint density at radius 3 is 1.74 bits per heavy atom. The lowest BCUT2D eigenvalue weighted by Crippen LogP contribution is -1.81. The van der Waals surface area contributed by atoms with Crippen LogP contribution in [0, 0.1) is 13.8 Å². The van der Waals surface area contributed by atoms with Gasteiger partial charge in [-0.15, -0.1) is 13.2 Å². The Bertz CT molecular complexity index is 400. The van der Waals surface area contributed by atoms with Crippen LogP contribution < -0.4 is 0 Å². The van der Waals surface area contributed by atoms with Crippen LogP contribution in [0.1, 0.15) is 51.3 Å². The molecule has 0 aliphatic rings. The quantitative estimate of drug-likeness (QED) is 0.504. The van der Waals surface area contributed by atoms with Crippen LogP contribution in [0.5, 0.6) is 0 Å². The van der Waals surface area contributed by atoms with Crippen molar-refractivity contribution in [2.24, 2.45) is 0 Å². The molecular formula is C19H30. The molecule has 0 fully saturated rings. The summed E-state index contributed by atoms with van der Waals surface area (Å²) in [5, 5.41) is 0. The number of benzene rings is 1. The third-order valence-corrected chi connectivity index (χ3v) is 1.78. The first-order valence-corrected chi connectivity index (χ1v) is 6.64. The minimum atomic E-state index is 1.17. The number of aryl methyl sites for hydroxylation is 2. The molecule has 0 bridgehead atoms. The van der Waals surface area contributed by atoms with Gasteiger partial charge in [-0.1, -0.05) is 47.1 Å². The summed E-state index contributed by atoms with van der Waals surface area (Å²) in [5.41, 5.74) is 6.32. The third kappa shape index (κ3) is 16.4. The van der Waals surface area contributed by atoms with E-state index in [4.69, 9.17) is 0 Å². The average molecular weight is 258 g/mol. The molecule has 1 rings (SSSR count). The Hall–Kier alpha value is -1.56. The summed E-state index contributed by atoms with van der Waals surface area (Å²) in [4.78, 5) is 0. The third-order valence-electron chi connectivity index (χ3n) is 1.78. The molecule has 0 heterocycles. The molecule has 19 heavy (non-hydrogen) atoms. The number of hydrogen-bond donors (Lipinski definition) is 0. The van der Waals surface area contributed by atoms with Crippen molar-refractivity contribution in [3.8, 4) is 0 Å². The summed E-state index contributed by atoms with van der Waals surface area (Å²) >= 11 is 0. The van der Waals surface area contributed by atoms with Gasteiger partial charge in [-0.05, 0) is 59.6 Å². The van der Waals surface area contributed by atoms with Crippen LogP contribution in [-0.4, -0.2) is 0 Å². The average Bonchev–Trinajstić information content (AvgIpc) is 2.22. The van der Waals surface area contributed by atoms with E-state index < -0.39 is 0 Å². The van der Waals surface area contributed by atoms with Gasteiger partial charge >= 0.3 is 0 Å². The van der Waals surface area contributed by atoms with Crippen molar-refractivity contribution >= 4 is 6.08 Å². The molecule has 0 spiro atoms. The number of hydrogen-bond acceptors (Lipinski definition) is 0. The van der Waals surface area contributed by atoms with Gasteiger partial charge in [-0.2, -0.15) is 0 Å². The second-order valence-corrected chi connectivity index (χ2v) is 5.27. The van der Waals surface area contributed by atoms with E-state index in [-0.39, 0.29) is 0 Å². The van der Waals surface area contributed by atoms with E-state index >= 15 is 0 Å². The Morgan fingerprint density at radius 1 is 0.947 bits per heavy atom. The van der Waals surface area contributed by atoms with Gasteiger partial charge in [0.1, 0.15) is 0 Å². The van der Waals surface area contributed by atoms with Gasteiger partial charge in [-0.3, -0.25) is 0 Å². The zero-order valence-corrected chi connectivity index (χ0v) is 13.8. The molecule has 1 aromatic carbocycles. The molecule has 0 atom stereocenters. The molecule has 0 saturated heterocycles. The van der Waals surface area contributed by atoms with E-state index in [1.54, 1.807) is 0 Å².